The second-order valence-electron chi connectivity index (χ2n) is 23.8. The van der Waals surface area contributed by atoms with E-state index in [9.17, 15) is 109 Å². The van der Waals surface area contributed by atoms with E-state index >= 15 is 0 Å². The molecule has 0 saturated heterocycles. The van der Waals surface area contributed by atoms with E-state index in [2.05, 4.69) is 20.0 Å². The van der Waals surface area contributed by atoms with E-state index in [-0.39, 0.29) is 119 Å². The standard InChI is InChI=1S/C52H98N2O33P4S8/c1-39(47(61)53-49(3,4)37-98-87-86-63)27-96-21-11-45(59)84-35-51(31-80-41(55)7-17-92-23-13-88(64,65)66,32-81-42(56)8-18-93-24-14-89(67,68)69)29-79-30-52(33-82-43(57)9-19-94-25-15-90(70,71)72,34-83-44(58)10-20-95-26-16-91(73,74)75)36-85-46(60)12-22-97-28-40(2)48(62)54-50(5,6)38-99(76,77)78/h39-40,63,76-78H,7-38H2,1-6H3,(H,53,61)(H,54,62)(H2,64,65,66)(H2,67,68,69)(H2,70,71,72)(H2,73,74,75). The zero-order valence-corrected chi connectivity index (χ0v) is 65.9. The number of ether oxygens (including phenoxy) is 7. The first-order valence-electron chi connectivity index (χ1n) is 30.1. The van der Waals surface area contributed by atoms with Crippen molar-refractivity contribution in [1.82, 2.24) is 10.6 Å². The predicted molar refractivity (Wildman–Crippen MR) is 381 cm³/mol. The average molecular weight is 1660 g/mol. The number of carbonyl (C=O) groups is 8. The molecule has 47 heteroatoms. The van der Waals surface area contributed by atoms with Crippen molar-refractivity contribution >= 4 is 171 Å². The first-order chi connectivity index (χ1) is 45.7. The Bertz CT molecular complexity index is 2550. The van der Waals surface area contributed by atoms with Crippen LogP contribution in [-0.4, -0.2) is 275 Å². The van der Waals surface area contributed by atoms with Crippen LogP contribution >= 0.6 is 124 Å². The number of hydrogen-bond donors (Lipinski definition) is 14. The lowest BCUT2D eigenvalue weighted by molar-refractivity contribution is -0.432. The highest BCUT2D eigenvalue weighted by Crippen LogP contribution is 2.39. The zero-order valence-electron chi connectivity index (χ0n) is 55.8. The van der Waals surface area contributed by atoms with Crippen LogP contribution in [-0.2, 0) is 99.1 Å². The van der Waals surface area contributed by atoms with Gasteiger partial charge in [-0.05, 0) is 27.7 Å². The second kappa shape index (κ2) is 50.4. The molecule has 2 amide bonds. The van der Waals surface area contributed by atoms with Gasteiger partial charge in [-0.3, -0.25) is 56.6 Å². The van der Waals surface area contributed by atoms with E-state index in [1.54, 1.807) is 27.7 Å². The van der Waals surface area contributed by atoms with Gasteiger partial charge in [-0.1, -0.05) is 18.9 Å². The van der Waals surface area contributed by atoms with Crippen LogP contribution in [0.1, 0.15) is 80.1 Å². The lowest BCUT2D eigenvalue weighted by atomic mass is 9.90. The molecule has 0 aliphatic rings. The highest BCUT2D eigenvalue weighted by Gasteiger charge is 2.42. The first-order valence-corrected chi connectivity index (χ1v) is 46.8. The summed E-state index contributed by atoms with van der Waals surface area (Å²) in [6.07, 6.45) is -3.94. The Labute approximate surface area is 607 Å². The third-order valence-corrected chi connectivity index (χ3v) is 25.4. The second-order valence-corrected chi connectivity index (χ2v) is 40.4. The van der Waals surface area contributed by atoms with Crippen molar-refractivity contribution in [2.75, 3.05) is 158 Å². The molecule has 0 rings (SSSR count). The lowest BCUT2D eigenvalue weighted by Crippen LogP contribution is -2.49. The quantitative estimate of drug-likeness (QED) is 0.00721. The molecule has 0 aliphatic carbocycles. The first kappa shape index (κ1) is 97.9. The van der Waals surface area contributed by atoms with Crippen LogP contribution in [0.25, 0.3) is 0 Å². The minimum absolute atomic E-state index is 0.00153. The Morgan fingerprint density at radius 2 is 0.657 bits per heavy atom. The summed E-state index contributed by atoms with van der Waals surface area (Å²) in [5.74, 6) is -7.47. The fraction of sp³-hybridized carbons (Fsp3) is 0.846. The number of carbonyl (C=O) groups excluding carboxylic acids is 8. The van der Waals surface area contributed by atoms with Crippen molar-refractivity contribution < 1.29 is 157 Å². The molecule has 2 unspecified atom stereocenters. The minimum atomic E-state index is -4.39. The van der Waals surface area contributed by atoms with Gasteiger partial charge in [0.15, 0.2) is 0 Å². The maximum atomic E-state index is 13.7. The van der Waals surface area contributed by atoms with Gasteiger partial charge >= 0.3 is 66.2 Å². The van der Waals surface area contributed by atoms with Gasteiger partial charge in [0.1, 0.15) is 39.6 Å². The third kappa shape index (κ3) is 57.8. The molecule has 0 heterocycles. The van der Waals surface area contributed by atoms with E-state index < -0.39 is 200 Å². The smallest absolute Gasteiger partial charge is 0.326 e. The van der Waals surface area contributed by atoms with Crippen molar-refractivity contribution in [1.29, 1.82) is 0 Å². The Balaban J connectivity index is 7.52. The van der Waals surface area contributed by atoms with Gasteiger partial charge in [-0.15, -0.1) is 4.33 Å². The summed E-state index contributed by atoms with van der Waals surface area (Å²) in [7, 11) is -21.5. The maximum Gasteiger partial charge on any atom is 0.326 e. The number of thioether (sulfide) groups is 6. The zero-order chi connectivity index (χ0) is 75.6. The lowest BCUT2D eigenvalue weighted by Gasteiger charge is -2.35. The predicted octanol–water partition coefficient (Wildman–Crippen LogP) is 5.04. The van der Waals surface area contributed by atoms with E-state index in [0.29, 0.717) is 0 Å². The molecule has 99 heavy (non-hydrogen) atoms. The van der Waals surface area contributed by atoms with Gasteiger partial charge in [-0.2, -0.15) is 70.6 Å². The van der Waals surface area contributed by atoms with E-state index in [1.165, 1.54) is 25.6 Å². The fourth-order valence-corrected chi connectivity index (χ4v) is 18.6. The monoisotopic (exact) mass is 1660 g/mol. The molecule has 35 nitrogen and oxygen atoms in total. The minimum Gasteiger partial charge on any atom is -0.465 e. The van der Waals surface area contributed by atoms with Crippen LogP contribution in [0.5, 0.6) is 0 Å². The van der Waals surface area contributed by atoms with Gasteiger partial charge in [0.25, 0.3) is 0 Å². The molecule has 0 aliphatic heterocycles. The van der Waals surface area contributed by atoms with Gasteiger partial charge < -0.3 is 96.6 Å². The largest absolute Gasteiger partial charge is 0.465 e. The van der Waals surface area contributed by atoms with Gasteiger partial charge in [0.2, 0.25) is 11.8 Å². The number of rotatable bonds is 60. The third-order valence-electron chi connectivity index (χ3n) is 12.5. The van der Waals surface area contributed by atoms with E-state index in [4.69, 9.17) is 38.4 Å². The Kier molecular flexibility index (Phi) is 49.9. The fourth-order valence-electron chi connectivity index (χ4n) is 7.23. The number of esters is 6. The molecule has 0 aromatic carbocycles. The van der Waals surface area contributed by atoms with Crippen LogP contribution in [0.2, 0.25) is 0 Å². The summed E-state index contributed by atoms with van der Waals surface area (Å²) < 4.78 is 119. The van der Waals surface area contributed by atoms with Crippen molar-refractivity contribution in [3.8, 4) is 0 Å². The maximum absolute atomic E-state index is 13.7. The molecule has 0 bridgehead atoms. The Morgan fingerprint density at radius 3 is 0.899 bits per heavy atom. The van der Waals surface area contributed by atoms with Gasteiger partial charge in [0.05, 0.1) is 104 Å². The van der Waals surface area contributed by atoms with Gasteiger partial charge in [0, 0.05) is 110 Å². The summed E-state index contributed by atoms with van der Waals surface area (Å²) in [5.41, 5.74) is -5.83. The molecule has 582 valence electrons. The molecule has 0 radical (unpaired) electrons. The molecule has 0 spiro atoms. The Hall–Kier alpha value is -1.12. The highest BCUT2D eigenvalue weighted by atomic mass is 32.3. The summed E-state index contributed by atoms with van der Waals surface area (Å²) in [5, 5.41) is 17.5. The average Bonchev–Trinajstić information content (AvgIpc) is 0.847. The van der Waals surface area contributed by atoms with Crippen molar-refractivity contribution in [2.45, 2.75) is 91.1 Å². The summed E-state index contributed by atoms with van der Waals surface area (Å²) >= 11 is 7.17. The molecule has 0 aromatic heterocycles. The molecule has 0 saturated carbocycles. The van der Waals surface area contributed by atoms with Crippen LogP contribution in [0, 0.1) is 22.7 Å². The number of nitrogens with one attached hydrogen (secondary N) is 2. The summed E-state index contributed by atoms with van der Waals surface area (Å²) in [6.45, 7) is 3.52. The molecule has 14 N–H and O–H groups in total. The van der Waals surface area contributed by atoms with Crippen molar-refractivity contribution in [3.63, 3.8) is 0 Å². The normalized spacial score (nSPS) is 13.6. The SMILES string of the molecule is CC(CSCCC(=O)OCC(COCC(COC(=O)CCSCCP(=O)(O)O)(COC(=O)CCSCCP(=O)(O)O)COC(=O)CCSCC(C)C(=O)NC(C)(C)CS(O)(O)O)(COC(=O)CCSCCP(=O)(O)O)COC(=O)CCSCCP(=O)(O)O)C(=O)NC(C)(C)CSOOO. The van der Waals surface area contributed by atoms with Crippen molar-refractivity contribution in [2.24, 2.45) is 22.7 Å². The summed E-state index contributed by atoms with van der Waals surface area (Å²) in [4.78, 5) is 182. The molecular formula is C52H98N2O33P4S8. The number of amides is 2. The van der Waals surface area contributed by atoms with Crippen LogP contribution in [0.15, 0.2) is 0 Å². The molecule has 0 aromatic rings. The van der Waals surface area contributed by atoms with Gasteiger partial charge in [-0.25, -0.2) is 5.26 Å². The summed E-state index contributed by atoms with van der Waals surface area (Å²) in [6, 6.07) is 0. The highest BCUT2D eigenvalue weighted by molar-refractivity contribution is 8.19. The molecule has 2 atom stereocenters. The number of hydrogen-bond acceptors (Lipinski definition) is 32. The molecule has 0 fully saturated rings. The Morgan fingerprint density at radius 1 is 0.404 bits per heavy atom. The topological polar surface area (TPSA) is 555 Å². The molecular weight excluding hydrogens is 1560 g/mol. The van der Waals surface area contributed by atoms with Crippen LogP contribution < -0.4 is 10.6 Å². The van der Waals surface area contributed by atoms with E-state index in [0.717, 1.165) is 70.9 Å². The van der Waals surface area contributed by atoms with Crippen LogP contribution in [0.4, 0.5) is 0 Å². The van der Waals surface area contributed by atoms with Crippen LogP contribution in [0.3, 0.4) is 0 Å². The van der Waals surface area contributed by atoms with E-state index in [1.807, 2.05) is 0 Å². The van der Waals surface area contributed by atoms with Crippen molar-refractivity contribution in [3.05, 3.63) is 0 Å².